The van der Waals surface area contributed by atoms with E-state index in [-0.39, 0.29) is 11.9 Å². The van der Waals surface area contributed by atoms with E-state index in [2.05, 4.69) is 15.8 Å². The summed E-state index contributed by atoms with van der Waals surface area (Å²) in [6, 6.07) is 9.51. The lowest BCUT2D eigenvalue weighted by atomic mass is 10.1. The molecule has 2 rings (SSSR count). The van der Waals surface area contributed by atoms with Crippen molar-refractivity contribution in [1.29, 1.82) is 0 Å². The summed E-state index contributed by atoms with van der Waals surface area (Å²) in [5.74, 6) is 1.61. The Kier molecular flexibility index (Phi) is 4.03. The number of hydrazine groups is 1. The summed E-state index contributed by atoms with van der Waals surface area (Å²) in [5, 5.41) is 0. The average Bonchev–Trinajstić information content (AvgIpc) is 2.39. The zero-order chi connectivity index (χ0) is 12.1. The number of nitrogens with zero attached hydrogens (tertiary/aromatic N) is 1. The van der Waals surface area contributed by atoms with Crippen molar-refractivity contribution in [3.05, 3.63) is 35.9 Å². The van der Waals surface area contributed by atoms with Gasteiger partial charge in [-0.25, -0.2) is 0 Å². The molecule has 1 atom stereocenters. The first-order valence-electron chi connectivity index (χ1n) is 5.49. The zero-order valence-electron chi connectivity index (χ0n) is 9.64. The molecule has 1 aliphatic heterocycles. The maximum atomic E-state index is 11.6. The number of hydrogen-bond acceptors (Lipinski definition) is 4. The van der Waals surface area contributed by atoms with Crippen LogP contribution < -0.4 is 10.9 Å². The molecule has 0 aliphatic carbocycles. The lowest BCUT2D eigenvalue weighted by Gasteiger charge is -2.22. The predicted octanol–water partition coefficient (Wildman–Crippen LogP) is 1.19. The summed E-state index contributed by atoms with van der Waals surface area (Å²) >= 11 is 1.72. The smallest absolute Gasteiger partial charge is 0.263 e. The molecule has 0 aromatic heterocycles. The first kappa shape index (κ1) is 12.0. The summed E-state index contributed by atoms with van der Waals surface area (Å²) in [6.07, 6.45) is 2.80. The van der Waals surface area contributed by atoms with Crippen molar-refractivity contribution in [2.24, 2.45) is 4.99 Å². The van der Waals surface area contributed by atoms with Crippen molar-refractivity contribution >= 4 is 23.5 Å². The van der Waals surface area contributed by atoms with Crippen LogP contribution in [0.1, 0.15) is 12.0 Å². The summed E-state index contributed by atoms with van der Waals surface area (Å²) in [6.45, 7) is 0. The number of amides is 1. The highest BCUT2D eigenvalue weighted by molar-refractivity contribution is 7.98. The molecule has 0 saturated carbocycles. The second kappa shape index (κ2) is 5.72. The fourth-order valence-corrected chi connectivity index (χ4v) is 2.08. The molecule has 1 amide bonds. The number of aliphatic imine (C=N–C) groups is 1. The van der Waals surface area contributed by atoms with E-state index >= 15 is 0 Å². The summed E-state index contributed by atoms with van der Waals surface area (Å²) in [7, 11) is 0. The fourth-order valence-electron chi connectivity index (χ4n) is 1.62. The average molecular weight is 249 g/mol. The Balaban J connectivity index is 2.15. The van der Waals surface area contributed by atoms with Gasteiger partial charge in [0.2, 0.25) is 0 Å². The molecule has 2 N–H and O–H groups in total. The molecular weight excluding hydrogens is 234 g/mol. The molecule has 17 heavy (non-hydrogen) atoms. The van der Waals surface area contributed by atoms with Crippen LogP contribution in [0.2, 0.25) is 0 Å². The number of carbonyl (C=O) groups excluding carboxylic acids is 1. The van der Waals surface area contributed by atoms with E-state index < -0.39 is 0 Å². The quantitative estimate of drug-likeness (QED) is 0.843. The Morgan fingerprint density at radius 2 is 2.06 bits per heavy atom. The molecule has 0 bridgehead atoms. The van der Waals surface area contributed by atoms with Crippen molar-refractivity contribution in [2.75, 3.05) is 12.0 Å². The number of hydrogen-bond donors (Lipinski definition) is 2. The molecule has 1 unspecified atom stereocenters. The van der Waals surface area contributed by atoms with Gasteiger partial charge in [-0.1, -0.05) is 30.3 Å². The standard InChI is InChI=1S/C12H15N3OS/c1-17-8-7-10-12(16)15-14-11(13-10)9-5-3-2-4-6-9/h2-6,10H,7-8H2,1H3,(H,13,14)(H,15,16). The van der Waals surface area contributed by atoms with E-state index in [0.717, 1.165) is 23.6 Å². The summed E-state index contributed by atoms with van der Waals surface area (Å²) < 4.78 is 0. The van der Waals surface area contributed by atoms with E-state index in [9.17, 15) is 4.79 Å². The third-order valence-corrected chi connectivity index (χ3v) is 3.18. The van der Waals surface area contributed by atoms with E-state index in [1.807, 2.05) is 36.6 Å². The maximum absolute atomic E-state index is 11.6. The van der Waals surface area contributed by atoms with Gasteiger partial charge in [0.15, 0.2) is 0 Å². The molecule has 5 heteroatoms. The van der Waals surface area contributed by atoms with Crippen LogP contribution in [0.15, 0.2) is 35.3 Å². The number of nitrogens with one attached hydrogen (secondary N) is 2. The second-order valence-electron chi connectivity index (χ2n) is 3.76. The first-order valence-corrected chi connectivity index (χ1v) is 6.88. The predicted molar refractivity (Wildman–Crippen MR) is 71.0 cm³/mol. The van der Waals surface area contributed by atoms with E-state index in [1.165, 1.54) is 0 Å². The SMILES string of the molecule is CSCCC1N=C(c2ccccc2)NNC1=O. The number of thioether (sulfide) groups is 1. The van der Waals surface area contributed by atoms with Crippen molar-refractivity contribution in [1.82, 2.24) is 10.9 Å². The third kappa shape index (κ3) is 3.00. The van der Waals surface area contributed by atoms with Gasteiger partial charge in [-0.15, -0.1) is 0 Å². The van der Waals surface area contributed by atoms with E-state index in [4.69, 9.17) is 0 Å². The molecule has 0 radical (unpaired) electrons. The maximum Gasteiger partial charge on any atom is 0.263 e. The van der Waals surface area contributed by atoms with Gasteiger partial charge in [0.25, 0.3) is 5.91 Å². The first-order chi connectivity index (χ1) is 8.31. The molecule has 0 spiro atoms. The Labute approximate surface area is 105 Å². The van der Waals surface area contributed by atoms with Crippen LogP contribution >= 0.6 is 11.8 Å². The van der Waals surface area contributed by atoms with Crippen LogP contribution in [0.3, 0.4) is 0 Å². The van der Waals surface area contributed by atoms with Crippen LogP contribution in [0.4, 0.5) is 0 Å². The lowest BCUT2D eigenvalue weighted by molar-refractivity contribution is -0.123. The number of benzene rings is 1. The Morgan fingerprint density at radius 3 is 2.76 bits per heavy atom. The fraction of sp³-hybridized carbons (Fsp3) is 0.333. The van der Waals surface area contributed by atoms with Gasteiger partial charge < -0.3 is 0 Å². The normalized spacial score (nSPS) is 19.2. The molecule has 1 aliphatic rings. The monoisotopic (exact) mass is 249 g/mol. The largest absolute Gasteiger partial charge is 0.282 e. The second-order valence-corrected chi connectivity index (χ2v) is 4.74. The number of rotatable bonds is 4. The molecular formula is C12H15N3OS. The number of amidine groups is 1. The van der Waals surface area contributed by atoms with Gasteiger partial charge in [-0.3, -0.25) is 20.6 Å². The summed E-state index contributed by atoms with van der Waals surface area (Å²) in [4.78, 5) is 16.0. The lowest BCUT2D eigenvalue weighted by Crippen LogP contribution is -2.51. The van der Waals surface area contributed by atoms with Crippen molar-refractivity contribution in [2.45, 2.75) is 12.5 Å². The van der Waals surface area contributed by atoms with Crippen LogP contribution in [0, 0.1) is 0 Å². The van der Waals surface area contributed by atoms with Crippen LogP contribution in [-0.4, -0.2) is 29.8 Å². The molecule has 1 aromatic rings. The van der Waals surface area contributed by atoms with Crippen molar-refractivity contribution < 1.29 is 4.79 Å². The van der Waals surface area contributed by atoms with Gasteiger partial charge >= 0.3 is 0 Å². The van der Waals surface area contributed by atoms with Gasteiger partial charge in [0.1, 0.15) is 11.9 Å². The van der Waals surface area contributed by atoms with Gasteiger partial charge in [0, 0.05) is 5.56 Å². The molecule has 1 heterocycles. The molecule has 0 saturated heterocycles. The molecule has 0 fully saturated rings. The molecule has 4 nitrogen and oxygen atoms in total. The summed E-state index contributed by atoms with van der Waals surface area (Å²) in [5.41, 5.74) is 6.48. The minimum Gasteiger partial charge on any atom is -0.282 e. The zero-order valence-corrected chi connectivity index (χ0v) is 10.5. The Morgan fingerprint density at radius 1 is 1.29 bits per heavy atom. The van der Waals surface area contributed by atoms with E-state index in [1.54, 1.807) is 11.8 Å². The number of carbonyl (C=O) groups is 1. The van der Waals surface area contributed by atoms with Crippen molar-refractivity contribution in [3.63, 3.8) is 0 Å². The highest BCUT2D eigenvalue weighted by Gasteiger charge is 2.22. The molecule has 90 valence electrons. The topological polar surface area (TPSA) is 53.5 Å². The minimum atomic E-state index is -0.279. The molecule has 1 aromatic carbocycles. The highest BCUT2D eigenvalue weighted by atomic mass is 32.2. The van der Waals surface area contributed by atoms with Gasteiger partial charge in [0.05, 0.1) is 0 Å². The van der Waals surface area contributed by atoms with Crippen LogP contribution in [0.25, 0.3) is 0 Å². The Hall–Kier alpha value is -1.49. The van der Waals surface area contributed by atoms with Gasteiger partial charge in [-0.2, -0.15) is 11.8 Å². The van der Waals surface area contributed by atoms with Crippen LogP contribution in [0.5, 0.6) is 0 Å². The minimum absolute atomic E-state index is 0.0567. The van der Waals surface area contributed by atoms with Crippen LogP contribution in [-0.2, 0) is 4.79 Å². The van der Waals surface area contributed by atoms with Crippen molar-refractivity contribution in [3.8, 4) is 0 Å². The highest BCUT2D eigenvalue weighted by Crippen LogP contribution is 2.09. The van der Waals surface area contributed by atoms with E-state index in [0.29, 0.717) is 0 Å². The van der Waals surface area contributed by atoms with Gasteiger partial charge in [-0.05, 0) is 18.4 Å². The third-order valence-electron chi connectivity index (χ3n) is 2.53. The Bertz CT molecular complexity index is 419.